The van der Waals surface area contributed by atoms with Crippen molar-refractivity contribution < 1.29 is 12.6 Å². The molecule has 9 heavy (non-hydrogen) atoms. The van der Waals surface area contributed by atoms with E-state index in [0.717, 1.165) is 0 Å². The van der Waals surface area contributed by atoms with Gasteiger partial charge in [0.25, 0.3) is 0 Å². The second-order valence-corrected chi connectivity index (χ2v) is 2.47. The van der Waals surface area contributed by atoms with Crippen LogP contribution < -0.4 is 10.9 Å². The van der Waals surface area contributed by atoms with Gasteiger partial charge in [0.2, 0.25) is 0 Å². The molecule has 0 aliphatic heterocycles. The molecule has 0 aromatic carbocycles. The first-order chi connectivity index (χ1) is 3.42. The molecule has 52 valence electrons. The van der Waals surface area contributed by atoms with Crippen molar-refractivity contribution in [2.45, 2.75) is 13.2 Å². The van der Waals surface area contributed by atoms with Crippen molar-refractivity contribution in [1.82, 2.24) is 0 Å². The van der Waals surface area contributed by atoms with E-state index in [0.29, 0.717) is 0 Å². The molecule has 0 saturated carbocycles. The van der Waals surface area contributed by atoms with Crippen LogP contribution >= 0.6 is 0 Å². The quantitative estimate of drug-likeness (QED) is 0.359. The van der Waals surface area contributed by atoms with Crippen LogP contribution in [0.1, 0.15) is 6.92 Å². The molecule has 0 aliphatic rings. The van der Waals surface area contributed by atoms with E-state index in [1.807, 2.05) is 0 Å². The number of hydrogen-bond donors (Lipinski definition) is 2. The summed E-state index contributed by atoms with van der Waals surface area (Å²) in [4.78, 5) is 0. The standard InChI is InChI=1S/C2H8N2O3S.Na.H/c1-2(3)7-8(4,5)6;;/h2H,3H2,1H3,(H2,4,5,6);;. The third-order valence-corrected chi connectivity index (χ3v) is 0.858. The van der Waals surface area contributed by atoms with E-state index >= 15 is 0 Å². The van der Waals surface area contributed by atoms with Gasteiger partial charge in [-0.15, -0.1) is 0 Å². The van der Waals surface area contributed by atoms with E-state index in [1.54, 1.807) is 0 Å². The third kappa shape index (κ3) is 12.1. The molecular weight excluding hydrogens is 155 g/mol. The van der Waals surface area contributed by atoms with Gasteiger partial charge in [-0.3, -0.25) is 0 Å². The molecule has 1 atom stereocenters. The Kier molecular flexibility index (Phi) is 6.41. The van der Waals surface area contributed by atoms with E-state index in [9.17, 15) is 8.42 Å². The zero-order valence-electron chi connectivity index (χ0n) is 4.37. The average Bonchev–Trinajstić information content (AvgIpc) is 1.21. The molecule has 4 N–H and O–H groups in total. The van der Waals surface area contributed by atoms with Crippen LogP contribution in [0.25, 0.3) is 0 Å². The Bertz CT molecular complexity index is 153. The molecule has 0 aliphatic carbocycles. The van der Waals surface area contributed by atoms with Gasteiger partial charge >= 0.3 is 39.9 Å². The summed E-state index contributed by atoms with van der Waals surface area (Å²) in [5, 5.41) is 4.41. The fraction of sp³-hybridized carbons (Fsp3) is 1.00. The summed E-state index contributed by atoms with van der Waals surface area (Å²) in [6.07, 6.45) is -0.870. The van der Waals surface area contributed by atoms with Crippen LogP contribution in [0.2, 0.25) is 0 Å². The van der Waals surface area contributed by atoms with Crippen LogP contribution in [0.3, 0.4) is 0 Å². The second kappa shape index (κ2) is 4.62. The van der Waals surface area contributed by atoms with Crippen LogP contribution in [-0.4, -0.2) is 44.2 Å². The van der Waals surface area contributed by atoms with Gasteiger partial charge in [-0.05, 0) is 6.92 Å². The minimum atomic E-state index is -3.85. The average molecular weight is 164 g/mol. The predicted octanol–water partition coefficient (Wildman–Crippen LogP) is -2.14. The van der Waals surface area contributed by atoms with Crippen molar-refractivity contribution in [3.05, 3.63) is 0 Å². The Labute approximate surface area is 76.3 Å². The van der Waals surface area contributed by atoms with Crippen LogP contribution in [-0.2, 0) is 14.5 Å². The van der Waals surface area contributed by atoms with Crippen molar-refractivity contribution in [1.29, 1.82) is 0 Å². The van der Waals surface area contributed by atoms with E-state index in [-0.39, 0.29) is 29.6 Å². The summed E-state index contributed by atoms with van der Waals surface area (Å²) in [6.45, 7) is 1.37. The summed E-state index contributed by atoms with van der Waals surface area (Å²) < 4.78 is 23.8. The molecule has 0 heterocycles. The molecule has 0 aromatic rings. The molecule has 1 unspecified atom stereocenters. The first-order valence-corrected chi connectivity index (χ1v) is 3.35. The normalized spacial score (nSPS) is 14.1. The Morgan fingerprint density at radius 2 is 1.89 bits per heavy atom. The zero-order valence-corrected chi connectivity index (χ0v) is 5.18. The molecule has 0 rings (SSSR count). The van der Waals surface area contributed by atoms with E-state index in [2.05, 4.69) is 9.32 Å². The molecule has 0 spiro atoms. The van der Waals surface area contributed by atoms with Crippen molar-refractivity contribution in [2.75, 3.05) is 0 Å². The fourth-order valence-electron chi connectivity index (χ4n) is 0.212. The monoisotopic (exact) mass is 164 g/mol. The first kappa shape index (κ1) is 12.5. The molecule has 7 heteroatoms. The minimum absolute atomic E-state index is 0. The van der Waals surface area contributed by atoms with E-state index < -0.39 is 16.5 Å². The Morgan fingerprint density at radius 1 is 1.56 bits per heavy atom. The van der Waals surface area contributed by atoms with Crippen LogP contribution in [0.5, 0.6) is 0 Å². The van der Waals surface area contributed by atoms with Gasteiger partial charge in [0.1, 0.15) is 6.23 Å². The van der Waals surface area contributed by atoms with Gasteiger partial charge in [0, 0.05) is 0 Å². The number of nitrogens with two attached hydrogens (primary N) is 2. The molecule has 0 radical (unpaired) electrons. The molecule has 5 nitrogen and oxygen atoms in total. The van der Waals surface area contributed by atoms with Gasteiger partial charge < -0.3 is 5.73 Å². The van der Waals surface area contributed by atoms with Gasteiger partial charge in [0.15, 0.2) is 0 Å². The van der Waals surface area contributed by atoms with Crippen LogP contribution in [0, 0.1) is 0 Å². The topological polar surface area (TPSA) is 95.4 Å². The predicted molar refractivity (Wildman–Crippen MR) is 35.0 cm³/mol. The number of hydrogen-bond acceptors (Lipinski definition) is 4. The summed E-state index contributed by atoms with van der Waals surface area (Å²) in [5.41, 5.74) is 4.90. The number of rotatable bonds is 2. The van der Waals surface area contributed by atoms with Crippen LogP contribution in [0.15, 0.2) is 0 Å². The van der Waals surface area contributed by atoms with E-state index in [1.165, 1.54) is 6.92 Å². The first-order valence-electron chi connectivity index (χ1n) is 1.88. The van der Waals surface area contributed by atoms with Gasteiger partial charge in [0.05, 0.1) is 0 Å². The van der Waals surface area contributed by atoms with Gasteiger partial charge in [-0.2, -0.15) is 8.42 Å². The fourth-order valence-corrected chi connectivity index (χ4v) is 0.635. The van der Waals surface area contributed by atoms with Crippen molar-refractivity contribution >= 4 is 39.9 Å². The van der Waals surface area contributed by atoms with Crippen molar-refractivity contribution in [2.24, 2.45) is 10.9 Å². The van der Waals surface area contributed by atoms with Crippen molar-refractivity contribution in [3.8, 4) is 0 Å². The van der Waals surface area contributed by atoms with Crippen LogP contribution in [0.4, 0.5) is 0 Å². The maximum absolute atomic E-state index is 9.92. The van der Waals surface area contributed by atoms with Gasteiger partial charge in [-0.25, -0.2) is 9.32 Å². The second-order valence-electron chi connectivity index (χ2n) is 1.29. The summed E-state index contributed by atoms with van der Waals surface area (Å²) in [7, 11) is -3.85. The summed E-state index contributed by atoms with van der Waals surface area (Å²) in [6, 6.07) is 0. The Balaban J connectivity index is 0. The molecule has 0 aromatic heterocycles. The molecule has 0 fully saturated rings. The summed E-state index contributed by atoms with van der Waals surface area (Å²) in [5.74, 6) is 0. The molecular formula is C2H9N2NaO3S. The molecule has 0 amide bonds. The Morgan fingerprint density at radius 3 is 1.89 bits per heavy atom. The zero-order chi connectivity index (χ0) is 6.78. The molecule has 0 saturated heterocycles. The Hall–Kier alpha value is 0.830. The van der Waals surface area contributed by atoms with Crippen molar-refractivity contribution in [3.63, 3.8) is 0 Å². The van der Waals surface area contributed by atoms with Gasteiger partial charge in [-0.1, -0.05) is 0 Å². The van der Waals surface area contributed by atoms with E-state index in [4.69, 9.17) is 5.73 Å². The summed E-state index contributed by atoms with van der Waals surface area (Å²) >= 11 is 0. The third-order valence-electron chi connectivity index (χ3n) is 0.286. The SMILES string of the molecule is CC(N)OS(N)(=O)=O.[NaH]. The maximum atomic E-state index is 9.92. The molecule has 0 bridgehead atoms.